The number of halogens is 1. The molecule has 0 bridgehead atoms. The lowest BCUT2D eigenvalue weighted by Gasteiger charge is -2.16. The summed E-state index contributed by atoms with van der Waals surface area (Å²) in [6.07, 6.45) is 0. The molecule has 0 aliphatic heterocycles. The summed E-state index contributed by atoms with van der Waals surface area (Å²) < 4.78 is 11.1. The van der Waals surface area contributed by atoms with Gasteiger partial charge in [0.1, 0.15) is 11.3 Å². The largest absolute Gasteiger partial charge is 0.483 e. The van der Waals surface area contributed by atoms with Crippen molar-refractivity contribution in [2.75, 3.05) is 13.7 Å². The van der Waals surface area contributed by atoms with Crippen LogP contribution in [0.15, 0.2) is 53.0 Å². The van der Waals surface area contributed by atoms with Gasteiger partial charge in [0.25, 0.3) is 5.91 Å². The van der Waals surface area contributed by atoms with Crippen molar-refractivity contribution in [3.05, 3.63) is 64.1 Å². The van der Waals surface area contributed by atoms with E-state index in [0.29, 0.717) is 5.75 Å². The van der Waals surface area contributed by atoms with Gasteiger partial charge in [-0.1, -0.05) is 46.3 Å². The van der Waals surface area contributed by atoms with Crippen LogP contribution in [0, 0.1) is 0 Å². The number of carbonyl (C=O) groups is 2. The summed E-state index contributed by atoms with van der Waals surface area (Å²) in [4.78, 5) is 23.8. The zero-order chi connectivity index (χ0) is 17.5. The molecule has 1 atom stereocenters. The number of hydrogen-bond donors (Lipinski definition) is 1. The first-order valence-electron chi connectivity index (χ1n) is 7.37. The highest BCUT2D eigenvalue weighted by atomic mass is 79.9. The van der Waals surface area contributed by atoms with Crippen LogP contribution in [0.5, 0.6) is 5.75 Å². The van der Waals surface area contributed by atoms with Crippen LogP contribution in [0.4, 0.5) is 0 Å². The van der Waals surface area contributed by atoms with E-state index < -0.39 is 5.97 Å². The number of hydrogen-bond acceptors (Lipinski definition) is 4. The number of para-hydroxylation sites is 1. The van der Waals surface area contributed by atoms with Gasteiger partial charge in [-0.25, -0.2) is 4.79 Å². The molecular formula is C18H18BrNO4. The van der Waals surface area contributed by atoms with E-state index in [0.717, 1.165) is 10.0 Å². The van der Waals surface area contributed by atoms with E-state index in [1.165, 1.54) is 7.11 Å². The standard InChI is InChI=1S/C18H18BrNO4/c1-12(13-7-3-5-9-15(13)19)20-17(21)11-24-16-10-6-4-8-14(16)18(22)23-2/h3-10,12H,11H2,1-2H3,(H,20,21)/t12-/m1/s1. The fourth-order valence-corrected chi connectivity index (χ4v) is 2.83. The molecule has 5 nitrogen and oxygen atoms in total. The number of methoxy groups -OCH3 is 1. The van der Waals surface area contributed by atoms with Gasteiger partial charge in [-0.3, -0.25) is 4.79 Å². The highest BCUT2D eigenvalue weighted by molar-refractivity contribution is 9.10. The second-order valence-electron chi connectivity index (χ2n) is 5.09. The average molecular weight is 392 g/mol. The number of esters is 1. The molecular weight excluding hydrogens is 374 g/mol. The predicted octanol–water partition coefficient (Wildman–Crippen LogP) is 3.49. The Bertz CT molecular complexity index is 732. The summed E-state index contributed by atoms with van der Waals surface area (Å²) in [5.74, 6) is -0.474. The summed E-state index contributed by atoms with van der Waals surface area (Å²) in [6, 6.07) is 14.1. The topological polar surface area (TPSA) is 64.6 Å². The molecule has 126 valence electrons. The average Bonchev–Trinajstić information content (AvgIpc) is 2.59. The van der Waals surface area contributed by atoms with Gasteiger partial charge in [0.15, 0.2) is 6.61 Å². The Balaban J connectivity index is 1.97. The zero-order valence-electron chi connectivity index (χ0n) is 13.4. The molecule has 0 aliphatic rings. The van der Waals surface area contributed by atoms with Crippen LogP contribution in [-0.2, 0) is 9.53 Å². The number of amides is 1. The first-order valence-corrected chi connectivity index (χ1v) is 8.16. The maximum Gasteiger partial charge on any atom is 0.341 e. The van der Waals surface area contributed by atoms with Crippen molar-refractivity contribution in [1.29, 1.82) is 0 Å². The maximum absolute atomic E-state index is 12.1. The lowest BCUT2D eigenvalue weighted by molar-refractivity contribution is -0.123. The predicted molar refractivity (Wildman–Crippen MR) is 94.0 cm³/mol. The van der Waals surface area contributed by atoms with Gasteiger partial charge in [0.05, 0.1) is 13.2 Å². The molecule has 1 N–H and O–H groups in total. The van der Waals surface area contributed by atoms with Gasteiger partial charge in [0.2, 0.25) is 0 Å². The number of rotatable bonds is 6. The summed E-state index contributed by atoms with van der Waals surface area (Å²) >= 11 is 3.46. The third-order valence-electron chi connectivity index (χ3n) is 3.40. The van der Waals surface area contributed by atoms with E-state index in [9.17, 15) is 9.59 Å². The second-order valence-corrected chi connectivity index (χ2v) is 5.94. The van der Waals surface area contributed by atoms with Crippen LogP contribution in [-0.4, -0.2) is 25.6 Å². The van der Waals surface area contributed by atoms with Crippen molar-refractivity contribution in [2.45, 2.75) is 13.0 Å². The van der Waals surface area contributed by atoms with E-state index in [2.05, 4.69) is 21.2 Å². The van der Waals surface area contributed by atoms with E-state index in [1.54, 1.807) is 24.3 Å². The number of nitrogens with one attached hydrogen (secondary N) is 1. The van der Waals surface area contributed by atoms with Crippen molar-refractivity contribution < 1.29 is 19.1 Å². The van der Waals surface area contributed by atoms with E-state index in [1.807, 2.05) is 31.2 Å². The zero-order valence-corrected chi connectivity index (χ0v) is 15.0. The first-order chi connectivity index (χ1) is 11.5. The van der Waals surface area contributed by atoms with Crippen molar-refractivity contribution in [3.63, 3.8) is 0 Å². The second kappa shape index (κ2) is 8.49. The highest BCUT2D eigenvalue weighted by Crippen LogP contribution is 2.23. The Morgan fingerprint density at radius 3 is 2.50 bits per heavy atom. The summed E-state index contributed by atoms with van der Waals surface area (Å²) in [6.45, 7) is 1.70. The molecule has 1 amide bonds. The molecule has 0 unspecified atom stereocenters. The highest BCUT2D eigenvalue weighted by Gasteiger charge is 2.15. The van der Waals surface area contributed by atoms with Gasteiger partial charge in [-0.05, 0) is 30.7 Å². The third kappa shape index (κ3) is 4.58. The van der Waals surface area contributed by atoms with Gasteiger partial charge < -0.3 is 14.8 Å². The van der Waals surface area contributed by atoms with Gasteiger partial charge in [-0.15, -0.1) is 0 Å². The van der Waals surface area contributed by atoms with Crippen molar-refractivity contribution in [1.82, 2.24) is 5.32 Å². The van der Waals surface area contributed by atoms with Gasteiger partial charge in [-0.2, -0.15) is 0 Å². The smallest absolute Gasteiger partial charge is 0.341 e. The summed E-state index contributed by atoms with van der Waals surface area (Å²) in [7, 11) is 1.30. The molecule has 6 heteroatoms. The molecule has 0 aliphatic carbocycles. The number of ether oxygens (including phenoxy) is 2. The Morgan fingerprint density at radius 1 is 1.12 bits per heavy atom. The van der Waals surface area contributed by atoms with Crippen molar-refractivity contribution in [3.8, 4) is 5.75 Å². The summed E-state index contributed by atoms with van der Waals surface area (Å²) in [5.41, 5.74) is 1.26. The molecule has 0 radical (unpaired) electrons. The van der Waals surface area contributed by atoms with Crippen molar-refractivity contribution >= 4 is 27.8 Å². The monoisotopic (exact) mass is 391 g/mol. The first kappa shape index (κ1) is 18.0. The molecule has 2 aromatic carbocycles. The third-order valence-corrected chi connectivity index (χ3v) is 4.12. The molecule has 24 heavy (non-hydrogen) atoms. The van der Waals surface area contributed by atoms with Gasteiger partial charge >= 0.3 is 5.97 Å². The van der Waals surface area contributed by atoms with Crippen LogP contribution in [0.2, 0.25) is 0 Å². The van der Waals surface area contributed by atoms with Crippen molar-refractivity contribution in [2.24, 2.45) is 0 Å². The fraction of sp³-hybridized carbons (Fsp3) is 0.222. The van der Waals surface area contributed by atoms with E-state index in [4.69, 9.17) is 9.47 Å². The minimum atomic E-state index is -0.507. The molecule has 2 rings (SSSR count). The molecule has 0 spiro atoms. The van der Waals surface area contributed by atoms with Crippen LogP contribution in [0.3, 0.4) is 0 Å². The molecule has 0 heterocycles. The van der Waals surface area contributed by atoms with Gasteiger partial charge in [0, 0.05) is 4.47 Å². The Labute approximate surface area is 149 Å². The molecule has 0 fully saturated rings. The lowest BCUT2D eigenvalue weighted by Crippen LogP contribution is -2.31. The molecule has 0 saturated heterocycles. The minimum absolute atomic E-state index is 0.174. The number of carbonyl (C=O) groups excluding carboxylic acids is 2. The Kier molecular flexibility index (Phi) is 6.37. The maximum atomic E-state index is 12.1. The molecule has 0 saturated carbocycles. The molecule has 2 aromatic rings. The Hall–Kier alpha value is -2.34. The normalized spacial score (nSPS) is 11.5. The fourth-order valence-electron chi connectivity index (χ4n) is 2.20. The van der Waals surface area contributed by atoms with Crippen LogP contribution < -0.4 is 10.1 Å². The van der Waals surface area contributed by atoms with Crippen LogP contribution in [0.25, 0.3) is 0 Å². The Morgan fingerprint density at radius 2 is 1.79 bits per heavy atom. The summed E-state index contributed by atoms with van der Waals surface area (Å²) in [5, 5.41) is 2.86. The quantitative estimate of drug-likeness (QED) is 0.765. The molecule has 0 aromatic heterocycles. The van der Waals surface area contributed by atoms with E-state index >= 15 is 0 Å². The van der Waals surface area contributed by atoms with E-state index in [-0.39, 0.29) is 24.1 Å². The lowest BCUT2D eigenvalue weighted by atomic mass is 10.1. The van der Waals surface area contributed by atoms with Crippen LogP contribution >= 0.6 is 15.9 Å². The minimum Gasteiger partial charge on any atom is -0.483 e. The van der Waals surface area contributed by atoms with Crippen LogP contribution in [0.1, 0.15) is 28.9 Å². The number of benzene rings is 2. The SMILES string of the molecule is COC(=O)c1ccccc1OCC(=O)N[C@H](C)c1ccccc1Br.